The van der Waals surface area contributed by atoms with Gasteiger partial charge >= 0.3 is 0 Å². The van der Waals surface area contributed by atoms with Crippen molar-refractivity contribution in [2.24, 2.45) is 0 Å². The number of nitrogens with one attached hydrogen (secondary N) is 2. The van der Waals surface area contributed by atoms with E-state index in [1.807, 2.05) is 24.3 Å². The molecule has 29 heavy (non-hydrogen) atoms. The summed E-state index contributed by atoms with van der Waals surface area (Å²) in [6, 6.07) is 7.35. The maximum atomic E-state index is 12.1. The first-order valence-corrected chi connectivity index (χ1v) is 11.0. The van der Waals surface area contributed by atoms with Gasteiger partial charge in [-0.3, -0.25) is 19.7 Å². The van der Waals surface area contributed by atoms with Crippen molar-refractivity contribution in [3.63, 3.8) is 0 Å². The zero-order chi connectivity index (χ0) is 21.1. The van der Waals surface area contributed by atoms with E-state index >= 15 is 0 Å². The Morgan fingerprint density at radius 1 is 1.03 bits per heavy atom. The molecular formula is C23H35N3O3. The summed E-state index contributed by atoms with van der Waals surface area (Å²) in [4.78, 5) is 37.8. The van der Waals surface area contributed by atoms with Crippen molar-refractivity contribution >= 4 is 23.4 Å². The van der Waals surface area contributed by atoms with Gasteiger partial charge < -0.3 is 10.2 Å². The monoisotopic (exact) mass is 401 g/mol. The Morgan fingerprint density at radius 3 is 2.34 bits per heavy atom. The Morgan fingerprint density at radius 2 is 1.69 bits per heavy atom. The van der Waals surface area contributed by atoms with Crippen LogP contribution in [0, 0.1) is 0 Å². The van der Waals surface area contributed by atoms with Gasteiger partial charge in [0.25, 0.3) is 0 Å². The first-order chi connectivity index (χ1) is 14.0. The Hall–Kier alpha value is -2.21. The van der Waals surface area contributed by atoms with Gasteiger partial charge in [-0.15, -0.1) is 0 Å². The van der Waals surface area contributed by atoms with Crippen LogP contribution in [0.15, 0.2) is 24.3 Å². The number of hydrogen-bond acceptors (Lipinski definition) is 4. The van der Waals surface area contributed by atoms with E-state index in [1.165, 1.54) is 25.8 Å². The number of imide groups is 1. The minimum absolute atomic E-state index is 0.0295. The molecule has 0 saturated carbocycles. The second kappa shape index (κ2) is 12.4. The summed E-state index contributed by atoms with van der Waals surface area (Å²) >= 11 is 0. The fourth-order valence-electron chi connectivity index (χ4n) is 3.72. The molecule has 2 rings (SSSR count). The van der Waals surface area contributed by atoms with Crippen LogP contribution in [-0.4, -0.2) is 42.3 Å². The Balaban J connectivity index is 1.63. The minimum atomic E-state index is -0.292. The number of anilines is 1. The standard InChI is InChI=1S/C23H35N3O3/c1-3-26(4-2)17-9-7-5-6-8-10-21(27)24-19-13-11-18(12-14-19)20-15-16-22(28)25-23(20)29/h11-14,20H,3-10,15-17H2,1-2H3,(H,24,27)(H,25,28,29). The second-order valence-corrected chi connectivity index (χ2v) is 7.72. The third-order valence-corrected chi connectivity index (χ3v) is 5.61. The fraction of sp³-hybridized carbons (Fsp3) is 0.609. The van der Waals surface area contributed by atoms with Crippen LogP contribution >= 0.6 is 0 Å². The summed E-state index contributed by atoms with van der Waals surface area (Å²) in [5, 5.41) is 5.30. The smallest absolute Gasteiger partial charge is 0.234 e. The van der Waals surface area contributed by atoms with E-state index in [0.717, 1.165) is 37.2 Å². The Kier molecular flexibility index (Phi) is 9.84. The second-order valence-electron chi connectivity index (χ2n) is 7.72. The molecule has 1 atom stereocenters. The van der Waals surface area contributed by atoms with E-state index in [0.29, 0.717) is 19.3 Å². The zero-order valence-electron chi connectivity index (χ0n) is 17.8. The third-order valence-electron chi connectivity index (χ3n) is 5.61. The number of rotatable bonds is 12. The molecule has 0 aliphatic carbocycles. The average Bonchev–Trinajstić information content (AvgIpc) is 2.71. The maximum Gasteiger partial charge on any atom is 0.234 e. The van der Waals surface area contributed by atoms with E-state index in [2.05, 4.69) is 29.4 Å². The Bertz CT molecular complexity index is 668. The summed E-state index contributed by atoms with van der Waals surface area (Å²) in [6.45, 7) is 7.80. The Labute approximate surface area is 174 Å². The molecule has 0 spiro atoms. The van der Waals surface area contributed by atoms with Gasteiger partial charge in [0, 0.05) is 18.5 Å². The van der Waals surface area contributed by atoms with Crippen molar-refractivity contribution < 1.29 is 14.4 Å². The lowest BCUT2D eigenvalue weighted by Crippen LogP contribution is -2.39. The molecule has 1 aromatic carbocycles. The number of nitrogens with zero attached hydrogens (tertiary/aromatic N) is 1. The lowest BCUT2D eigenvalue weighted by atomic mass is 9.90. The van der Waals surface area contributed by atoms with Crippen LogP contribution in [0.3, 0.4) is 0 Å². The van der Waals surface area contributed by atoms with Crippen LogP contribution < -0.4 is 10.6 Å². The van der Waals surface area contributed by atoms with Gasteiger partial charge in [-0.2, -0.15) is 0 Å². The van der Waals surface area contributed by atoms with Crippen LogP contribution in [-0.2, 0) is 14.4 Å². The van der Waals surface area contributed by atoms with Crippen LogP contribution in [0.5, 0.6) is 0 Å². The molecule has 3 amide bonds. The number of piperidine rings is 1. The molecule has 0 bridgehead atoms. The van der Waals surface area contributed by atoms with Crippen LogP contribution in [0.25, 0.3) is 0 Å². The van der Waals surface area contributed by atoms with E-state index in [4.69, 9.17) is 0 Å². The number of unbranched alkanes of at least 4 members (excludes halogenated alkanes) is 4. The van der Waals surface area contributed by atoms with Crippen molar-refractivity contribution in [1.82, 2.24) is 10.2 Å². The van der Waals surface area contributed by atoms with Crippen molar-refractivity contribution in [1.29, 1.82) is 0 Å². The molecule has 1 unspecified atom stereocenters. The van der Waals surface area contributed by atoms with Gasteiger partial charge in [-0.25, -0.2) is 0 Å². The molecule has 6 nitrogen and oxygen atoms in total. The highest BCUT2D eigenvalue weighted by molar-refractivity contribution is 6.01. The van der Waals surface area contributed by atoms with E-state index in [-0.39, 0.29) is 23.6 Å². The van der Waals surface area contributed by atoms with E-state index < -0.39 is 0 Å². The van der Waals surface area contributed by atoms with Gasteiger partial charge in [0.05, 0.1) is 5.92 Å². The van der Waals surface area contributed by atoms with Gasteiger partial charge in [0.2, 0.25) is 17.7 Å². The van der Waals surface area contributed by atoms with Gasteiger partial charge in [-0.05, 0) is 56.6 Å². The molecule has 1 aliphatic heterocycles. The normalized spacial score (nSPS) is 16.7. The highest BCUT2D eigenvalue weighted by Crippen LogP contribution is 2.25. The predicted octanol–water partition coefficient (Wildman–Crippen LogP) is 3.83. The number of carbonyl (C=O) groups is 3. The average molecular weight is 402 g/mol. The van der Waals surface area contributed by atoms with E-state index in [9.17, 15) is 14.4 Å². The van der Waals surface area contributed by atoms with Crippen molar-refractivity contribution in [2.45, 2.75) is 71.1 Å². The third kappa shape index (κ3) is 7.97. The van der Waals surface area contributed by atoms with Gasteiger partial charge in [-0.1, -0.05) is 45.2 Å². The molecule has 0 aromatic heterocycles. The van der Waals surface area contributed by atoms with E-state index in [1.54, 1.807) is 0 Å². The van der Waals surface area contributed by atoms with Gasteiger partial charge in [0.15, 0.2) is 0 Å². The van der Waals surface area contributed by atoms with Crippen LogP contribution in [0.2, 0.25) is 0 Å². The highest BCUT2D eigenvalue weighted by atomic mass is 16.2. The lowest BCUT2D eigenvalue weighted by molar-refractivity contribution is -0.134. The number of benzene rings is 1. The number of amides is 3. The fourth-order valence-corrected chi connectivity index (χ4v) is 3.72. The molecule has 1 fully saturated rings. The minimum Gasteiger partial charge on any atom is -0.326 e. The van der Waals surface area contributed by atoms with Crippen LogP contribution in [0.4, 0.5) is 5.69 Å². The number of carbonyl (C=O) groups excluding carboxylic acids is 3. The predicted molar refractivity (Wildman–Crippen MR) is 116 cm³/mol. The lowest BCUT2D eigenvalue weighted by Gasteiger charge is -2.21. The van der Waals surface area contributed by atoms with Crippen molar-refractivity contribution in [2.75, 3.05) is 25.0 Å². The molecule has 160 valence electrons. The summed E-state index contributed by atoms with van der Waals surface area (Å²) in [5.41, 5.74) is 1.61. The summed E-state index contributed by atoms with van der Waals surface area (Å²) < 4.78 is 0. The SMILES string of the molecule is CCN(CC)CCCCCCCC(=O)Nc1ccc(C2CCC(=O)NC2=O)cc1. The molecular weight excluding hydrogens is 366 g/mol. The molecule has 1 saturated heterocycles. The van der Waals surface area contributed by atoms with Gasteiger partial charge in [0.1, 0.15) is 0 Å². The molecule has 1 heterocycles. The highest BCUT2D eigenvalue weighted by Gasteiger charge is 2.27. The summed E-state index contributed by atoms with van der Waals surface area (Å²) in [6.07, 6.45) is 7.05. The molecule has 2 N–H and O–H groups in total. The summed E-state index contributed by atoms with van der Waals surface area (Å²) in [7, 11) is 0. The summed E-state index contributed by atoms with van der Waals surface area (Å²) in [5.74, 6) is -0.713. The molecule has 1 aromatic rings. The van der Waals surface area contributed by atoms with Crippen molar-refractivity contribution in [3.05, 3.63) is 29.8 Å². The number of hydrogen-bond donors (Lipinski definition) is 2. The maximum absolute atomic E-state index is 12.1. The largest absolute Gasteiger partial charge is 0.326 e. The van der Waals surface area contributed by atoms with Crippen molar-refractivity contribution in [3.8, 4) is 0 Å². The van der Waals surface area contributed by atoms with Crippen LogP contribution in [0.1, 0.15) is 76.7 Å². The molecule has 1 aliphatic rings. The first-order valence-electron chi connectivity index (χ1n) is 11.0. The molecule has 6 heteroatoms. The first kappa shape index (κ1) is 23.1. The quantitative estimate of drug-likeness (QED) is 0.412. The topological polar surface area (TPSA) is 78.5 Å². The molecule has 0 radical (unpaired) electrons. The zero-order valence-corrected chi connectivity index (χ0v) is 17.8.